The first kappa shape index (κ1) is 14.5. The van der Waals surface area contributed by atoms with E-state index in [2.05, 4.69) is 24.1 Å². The lowest BCUT2D eigenvalue weighted by Crippen LogP contribution is -2.45. The van der Waals surface area contributed by atoms with Crippen LogP contribution in [0.1, 0.15) is 45.2 Å². The van der Waals surface area contributed by atoms with E-state index >= 15 is 0 Å². The molecule has 0 amide bonds. The molecule has 3 heteroatoms. The van der Waals surface area contributed by atoms with Crippen molar-refractivity contribution in [3.8, 4) is 0 Å². The topological polar surface area (TPSA) is 45.1 Å². The third-order valence-electron chi connectivity index (χ3n) is 4.27. The smallest absolute Gasteiger partial charge is 0.0772 e. The number of pyridine rings is 1. The predicted octanol–water partition coefficient (Wildman–Crippen LogP) is 2.55. The highest BCUT2D eigenvalue weighted by molar-refractivity contribution is 5.03. The molecule has 0 saturated heterocycles. The van der Waals surface area contributed by atoms with Crippen molar-refractivity contribution >= 4 is 0 Å². The van der Waals surface area contributed by atoms with Crippen LogP contribution >= 0.6 is 0 Å². The zero-order valence-corrected chi connectivity index (χ0v) is 12.2. The number of nitrogens with zero attached hydrogens (tertiary/aromatic N) is 1. The second kappa shape index (κ2) is 6.02. The Labute approximate surface area is 116 Å². The molecule has 1 heterocycles. The van der Waals surface area contributed by atoms with Gasteiger partial charge in [-0.15, -0.1) is 0 Å². The molecule has 0 unspecified atom stereocenters. The average molecular weight is 262 g/mol. The van der Waals surface area contributed by atoms with Gasteiger partial charge >= 0.3 is 0 Å². The molecule has 1 saturated carbocycles. The second-order valence-electron chi connectivity index (χ2n) is 6.64. The summed E-state index contributed by atoms with van der Waals surface area (Å²) in [6, 6.07) is 5.99. The van der Waals surface area contributed by atoms with Crippen molar-refractivity contribution in [3.05, 3.63) is 30.1 Å². The van der Waals surface area contributed by atoms with Gasteiger partial charge in [0.1, 0.15) is 0 Å². The van der Waals surface area contributed by atoms with E-state index in [1.165, 1.54) is 0 Å². The van der Waals surface area contributed by atoms with Crippen LogP contribution in [0.3, 0.4) is 0 Å². The van der Waals surface area contributed by atoms with Crippen LogP contribution in [0.15, 0.2) is 24.4 Å². The van der Waals surface area contributed by atoms with Crippen molar-refractivity contribution in [2.24, 2.45) is 5.41 Å². The minimum atomic E-state index is -0.500. The highest BCUT2D eigenvalue weighted by Gasteiger charge is 2.36. The van der Waals surface area contributed by atoms with E-state index < -0.39 is 5.60 Å². The van der Waals surface area contributed by atoms with Gasteiger partial charge in [0.2, 0.25) is 0 Å². The molecule has 0 aliphatic heterocycles. The van der Waals surface area contributed by atoms with Crippen LogP contribution in [0.5, 0.6) is 0 Å². The summed E-state index contributed by atoms with van der Waals surface area (Å²) in [5.74, 6) is 0. The van der Waals surface area contributed by atoms with Gasteiger partial charge in [-0.2, -0.15) is 0 Å². The quantitative estimate of drug-likeness (QED) is 0.802. The molecular weight excluding hydrogens is 236 g/mol. The summed E-state index contributed by atoms with van der Waals surface area (Å²) >= 11 is 0. The van der Waals surface area contributed by atoms with Crippen molar-refractivity contribution in [3.63, 3.8) is 0 Å². The van der Waals surface area contributed by atoms with Crippen LogP contribution in [0.4, 0.5) is 0 Å². The van der Waals surface area contributed by atoms with Gasteiger partial charge in [0.15, 0.2) is 0 Å². The fraction of sp³-hybridized carbons (Fsp3) is 0.688. The summed E-state index contributed by atoms with van der Waals surface area (Å²) in [4.78, 5) is 4.30. The Morgan fingerprint density at radius 3 is 2.58 bits per heavy atom. The zero-order valence-electron chi connectivity index (χ0n) is 12.2. The van der Waals surface area contributed by atoms with Crippen LogP contribution in [0.25, 0.3) is 0 Å². The Balaban J connectivity index is 1.68. The third-order valence-corrected chi connectivity index (χ3v) is 4.27. The molecular formula is C16H26N2O. The number of aliphatic hydroxyl groups is 1. The van der Waals surface area contributed by atoms with Gasteiger partial charge in [0.05, 0.1) is 5.60 Å². The van der Waals surface area contributed by atoms with Crippen molar-refractivity contribution in [1.29, 1.82) is 0 Å². The van der Waals surface area contributed by atoms with Crippen LogP contribution < -0.4 is 5.32 Å². The maximum absolute atomic E-state index is 10.5. The molecule has 1 aromatic heterocycles. The standard InChI is InChI=1S/C16H26N2O/c1-15(2)7-9-16(19,10-8-15)13-17-12-6-14-5-3-4-11-18-14/h3-5,11,17,19H,6-10,12-13H2,1-2H3. The van der Waals surface area contributed by atoms with E-state index in [9.17, 15) is 5.11 Å². The minimum absolute atomic E-state index is 0.403. The van der Waals surface area contributed by atoms with Gasteiger partial charge in [-0.25, -0.2) is 0 Å². The number of hydrogen-bond acceptors (Lipinski definition) is 3. The maximum Gasteiger partial charge on any atom is 0.0772 e. The Kier molecular flexibility index (Phi) is 4.58. The molecule has 2 N–H and O–H groups in total. The van der Waals surface area contributed by atoms with E-state index in [4.69, 9.17) is 0 Å². The summed E-state index contributed by atoms with van der Waals surface area (Å²) in [5, 5.41) is 13.9. The van der Waals surface area contributed by atoms with E-state index in [0.717, 1.165) is 44.3 Å². The van der Waals surface area contributed by atoms with E-state index in [1.807, 2.05) is 24.4 Å². The fourth-order valence-corrected chi connectivity index (χ4v) is 2.65. The van der Waals surface area contributed by atoms with Crippen LogP contribution in [-0.2, 0) is 6.42 Å². The zero-order chi connectivity index (χ0) is 13.8. The third kappa shape index (κ3) is 4.59. The first-order chi connectivity index (χ1) is 8.99. The fourth-order valence-electron chi connectivity index (χ4n) is 2.65. The van der Waals surface area contributed by atoms with E-state index in [-0.39, 0.29) is 0 Å². The van der Waals surface area contributed by atoms with Gasteiger partial charge < -0.3 is 10.4 Å². The molecule has 106 valence electrons. The molecule has 2 rings (SSSR count). The predicted molar refractivity (Wildman–Crippen MR) is 78.0 cm³/mol. The van der Waals surface area contributed by atoms with Crippen molar-refractivity contribution in [1.82, 2.24) is 10.3 Å². The molecule has 0 aromatic carbocycles. The largest absolute Gasteiger partial charge is 0.389 e. The molecule has 0 radical (unpaired) electrons. The van der Waals surface area contributed by atoms with Crippen LogP contribution in [0, 0.1) is 5.41 Å². The van der Waals surface area contributed by atoms with E-state index in [0.29, 0.717) is 12.0 Å². The number of rotatable bonds is 5. The molecule has 3 nitrogen and oxygen atoms in total. The molecule has 1 aromatic rings. The summed E-state index contributed by atoms with van der Waals surface area (Å²) in [6.07, 6.45) is 6.80. The number of aromatic nitrogens is 1. The second-order valence-corrected chi connectivity index (χ2v) is 6.64. The van der Waals surface area contributed by atoms with E-state index in [1.54, 1.807) is 0 Å². The molecule has 19 heavy (non-hydrogen) atoms. The Bertz CT molecular complexity index is 379. The normalized spacial score (nSPS) is 21.2. The van der Waals surface area contributed by atoms with Crippen LogP contribution in [-0.4, -0.2) is 28.8 Å². The van der Waals surface area contributed by atoms with Gasteiger partial charge in [-0.05, 0) is 43.2 Å². The summed E-state index contributed by atoms with van der Waals surface area (Å²) < 4.78 is 0. The maximum atomic E-state index is 10.5. The van der Waals surface area contributed by atoms with Crippen molar-refractivity contribution in [2.45, 2.75) is 51.6 Å². The Morgan fingerprint density at radius 2 is 1.95 bits per heavy atom. The lowest BCUT2D eigenvalue weighted by molar-refractivity contribution is -0.0241. The highest BCUT2D eigenvalue weighted by atomic mass is 16.3. The van der Waals surface area contributed by atoms with Crippen molar-refractivity contribution < 1.29 is 5.11 Å². The van der Waals surface area contributed by atoms with Crippen LogP contribution in [0.2, 0.25) is 0 Å². The van der Waals surface area contributed by atoms with Crippen molar-refractivity contribution in [2.75, 3.05) is 13.1 Å². The van der Waals surface area contributed by atoms with Gasteiger partial charge in [0.25, 0.3) is 0 Å². The van der Waals surface area contributed by atoms with Gasteiger partial charge in [-0.3, -0.25) is 4.98 Å². The SMILES string of the molecule is CC1(C)CCC(O)(CNCCc2ccccn2)CC1. The Morgan fingerprint density at radius 1 is 1.21 bits per heavy atom. The highest BCUT2D eigenvalue weighted by Crippen LogP contribution is 2.39. The average Bonchev–Trinajstić information content (AvgIpc) is 2.40. The van der Waals surface area contributed by atoms with Gasteiger partial charge in [0, 0.05) is 31.4 Å². The minimum Gasteiger partial charge on any atom is -0.389 e. The molecule has 1 aliphatic rings. The van der Waals surface area contributed by atoms with Gasteiger partial charge in [-0.1, -0.05) is 19.9 Å². The molecule has 1 fully saturated rings. The monoisotopic (exact) mass is 262 g/mol. The molecule has 0 spiro atoms. The molecule has 0 atom stereocenters. The Hall–Kier alpha value is -0.930. The summed E-state index contributed by atoms with van der Waals surface area (Å²) in [7, 11) is 0. The lowest BCUT2D eigenvalue weighted by Gasteiger charge is -2.40. The first-order valence-electron chi connectivity index (χ1n) is 7.32. The summed E-state index contributed by atoms with van der Waals surface area (Å²) in [5.41, 5.74) is 1.01. The lowest BCUT2D eigenvalue weighted by atomic mass is 9.71. The number of nitrogens with one attached hydrogen (secondary N) is 1. The summed E-state index contributed by atoms with van der Waals surface area (Å²) in [6.45, 7) is 6.17. The first-order valence-corrected chi connectivity index (χ1v) is 7.32. The number of hydrogen-bond donors (Lipinski definition) is 2. The molecule has 0 bridgehead atoms. The molecule has 1 aliphatic carbocycles.